The lowest BCUT2D eigenvalue weighted by Crippen LogP contribution is -2.01. The molecule has 1 aliphatic carbocycles. The van der Waals surface area contributed by atoms with Crippen molar-refractivity contribution in [3.8, 4) is 0 Å². The molecule has 0 aromatic heterocycles. The van der Waals surface area contributed by atoms with Gasteiger partial charge < -0.3 is 4.74 Å². The molecule has 0 bridgehead atoms. The second kappa shape index (κ2) is 3.04. The van der Waals surface area contributed by atoms with Crippen LogP contribution in [0.25, 0.3) is 0 Å². The van der Waals surface area contributed by atoms with Crippen LogP contribution in [0.3, 0.4) is 0 Å². The minimum absolute atomic E-state index is 0.0547. The van der Waals surface area contributed by atoms with Gasteiger partial charge in [-0.2, -0.15) is 0 Å². The van der Waals surface area contributed by atoms with E-state index in [4.69, 9.17) is 0 Å². The molecule has 2 nitrogen and oxygen atoms in total. The molecule has 0 N–H and O–H groups in total. The maximum Gasteiger partial charge on any atom is 0.305 e. The summed E-state index contributed by atoms with van der Waals surface area (Å²) in [6.07, 6.45) is 3.07. The first-order valence-corrected chi connectivity index (χ1v) is 3.84. The average Bonchev–Trinajstić information content (AvgIpc) is 2.67. The van der Waals surface area contributed by atoms with Gasteiger partial charge in [0.05, 0.1) is 7.11 Å². The third kappa shape index (κ3) is 1.72. The lowest BCUT2D eigenvalue weighted by atomic mass is 10.2. The van der Waals surface area contributed by atoms with Crippen LogP contribution in [0.1, 0.15) is 26.2 Å². The van der Waals surface area contributed by atoms with Gasteiger partial charge in [-0.05, 0) is 18.3 Å². The highest BCUT2D eigenvalue weighted by Gasteiger charge is 2.36. The lowest BCUT2D eigenvalue weighted by molar-refractivity contribution is -0.141. The van der Waals surface area contributed by atoms with Crippen molar-refractivity contribution in [1.82, 2.24) is 0 Å². The standard InChI is InChI=1S/C8H14O2/c1-3-6-4-7(6)5-8(9)10-2/h6-7H,3-5H2,1-2H3/t6-,7+/m1/s1. The smallest absolute Gasteiger partial charge is 0.305 e. The molecule has 0 saturated heterocycles. The highest BCUT2D eigenvalue weighted by molar-refractivity contribution is 5.69. The Labute approximate surface area is 61.6 Å². The molecular formula is C8H14O2. The molecule has 58 valence electrons. The van der Waals surface area contributed by atoms with Gasteiger partial charge in [0.1, 0.15) is 0 Å². The zero-order chi connectivity index (χ0) is 7.56. The fraction of sp³-hybridized carbons (Fsp3) is 0.875. The molecule has 0 aliphatic heterocycles. The summed E-state index contributed by atoms with van der Waals surface area (Å²) in [4.78, 5) is 10.7. The molecule has 0 spiro atoms. The van der Waals surface area contributed by atoms with Gasteiger partial charge >= 0.3 is 5.97 Å². The second-order valence-corrected chi connectivity index (χ2v) is 2.94. The van der Waals surface area contributed by atoms with E-state index in [9.17, 15) is 4.79 Å². The van der Waals surface area contributed by atoms with E-state index in [0.29, 0.717) is 12.3 Å². The Hall–Kier alpha value is -0.530. The fourth-order valence-corrected chi connectivity index (χ4v) is 1.36. The van der Waals surface area contributed by atoms with Crippen molar-refractivity contribution in [2.75, 3.05) is 7.11 Å². The van der Waals surface area contributed by atoms with Crippen LogP contribution in [0.15, 0.2) is 0 Å². The van der Waals surface area contributed by atoms with Gasteiger partial charge in [-0.3, -0.25) is 4.79 Å². The van der Waals surface area contributed by atoms with Crippen LogP contribution in [0.5, 0.6) is 0 Å². The summed E-state index contributed by atoms with van der Waals surface area (Å²) in [5.41, 5.74) is 0. The summed E-state index contributed by atoms with van der Waals surface area (Å²) < 4.78 is 4.55. The van der Waals surface area contributed by atoms with E-state index in [2.05, 4.69) is 11.7 Å². The van der Waals surface area contributed by atoms with Gasteiger partial charge in [0.25, 0.3) is 0 Å². The van der Waals surface area contributed by atoms with E-state index >= 15 is 0 Å². The maximum atomic E-state index is 10.7. The van der Waals surface area contributed by atoms with Crippen molar-refractivity contribution in [2.45, 2.75) is 26.2 Å². The number of carbonyl (C=O) groups is 1. The molecule has 0 heterocycles. The minimum atomic E-state index is -0.0547. The third-order valence-electron chi connectivity index (χ3n) is 2.25. The van der Waals surface area contributed by atoms with Crippen LogP contribution in [-0.4, -0.2) is 13.1 Å². The van der Waals surface area contributed by atoms with E-state index < -0.39 is 0 Å². The van der Waals surface area contributed by atoms with Crippen LogP contribution in [0, 0.1) is 11.8 Å². The van der Waals surface area contributed by atoms with Crippen molar-refractivity contribution in [3.63, 3.8) is 0 Å². The molecule has 0 radical (unpaired) electrons. The Morgan fingerprint density at radius 1 is 1.60 bits per heavy atom. The van der Waals surface area contributed by atoms with Crippen LogP contribution in [-0.2, 0) is 9.53 Å². The van der Waals surface area contributed by atoms with Crippen molar-refractivity contribution < 1.29 is 9.53 Å². The number of ether oxygens (including phenoxy) is 1. The van der Waals surface area contributed by atoms with E-state index in [1.54, 1.807) is 0 Å². The Kier molecular flexibility index (Phi) is 2.30. The lowest BCUT2D eigenvalue weighted by Gasteiger charge is -1.95. The van der Waals surface area contributed by atoms with Gasteiger partial charge in [0.2, 0.25) is 0 Å². The van der Waals surface area contributed by atoms with Gasteiger partial charge in [-0.1, -0.05) is 13.3 Å². The van der Waals surface area contributed by atoms with Crippen LogP contribution >= 0.6 is 0 Å². The highest BCUT2D eigenvalue weighted by Crippen LogP contribution is 2.43. The summed E-state index contributed by atoms with van der Waals surface area (Å²) >= 11 is 0. The average molecular weight is 142 g/mol. The van der Waals surface area contributed by atoms with Gasteiger partial charge in [0, 0.05) is 6.42 Å². The molecule has 2 heteroatoms. The highest BCUT2D eigenvalue weighted by atomic mass is 16.5. The summed E-state index contributed by atoms with van der Waals surface area (Å²) in [6, 6.07) is 0. The van der Waals surface area contributed by atoms with Crippen molar-refractivity contribution in [2.24, 2.45) is 11.8 Å². The largest absolute Gasteiger partial charge is 0.469 e. The minimum Gasteiger partial charge on any atom is -0.469 e. The fourth-order valence-electron chi connectivity index (χ4n) is 1.36. The number of carbonyl (C=O) groups excluding carboxylic acids is 1. The van der Waals surface area contributed by atoms with E-state index in [0.717, 1.165) is 5.92 Å². The Morgan fingerprint density at radius 3 is 2.70 bits per heavy atom. The zero-order valence-electron chi connectivity index (χ0n) is 6.59. The molecule has 0 aromatic carbocycles. The molecule has 1 fully saturated rings. The number of hydrogen-bond acceptors (Lipinski definition) is 2. The van der Waals surface area contributed by atoms with Gasteiger partial charge in [-0.25, -0.2) is 0 Å². The Balaban J connectivity index is 2.11. The predicted molar refractivity (Wildman–Crippen MR) is 38.5 cm³/mol. The molecule has 0 unspecified atom stereocenters. The summed E-state index contributed by atoms with van der Waals surface area (Å²) in [5.74, 6) is 1.39. The number of hydrogen-bond donors (Lipinski definition) is 0. The molecule has 0 aromatic rings. The quantitative estimate of drug-likeness (QED) is 0.559. The van der Waals surface area contributed by atoms with Crippen molar-refractivity contribution in [1.29, 1.82) is 0 Å². The molecule has 10 heavy (non-hydrogen) atoms. The number of methoxy groups -OCH3 is 1. The van der Waals surface area contributed by atoms with Crippen molar-refractivity contribution >= 4 is 5.97 Å². The molecule has 1 aliphatic rings. The van der Waals surface area contributed by atoms with Crippen molar-refractivity contribution in [3.05, 3.63) is 0 Å². The summed E-state index contributed by atoms with van der Waals surface area (Å²) in [5, 5.41) is 0. The monoisotopic (exact) mass is 142 g/mol. The molecule has 1 saturated carbocycles. The number of esters is 1. The van der Waals surface area contributed by atoms with Crippen LogP contribution in [0.4, 0.5) is 0 Å². The first kappa shape index (κ1) is 7.58. The van der Waals surface area contributed by atoms with E-state index in [1.807, 2.05) is 0 Å². The van der Waals surface area contributed by atoms with Gasteiger partial charge in [0.15, 0.2) is 0 Å². The Morgan fingerprint density at radius 2 is 2.30 bits per heavy atom. The zero-order valence-corrected chi connectivity index (χ0v) is 6.59. The topological polar surface area (TPSA) is 26.3 Å². The Bertz CT molecular complexity index is 131. The first-order chi connectivity index (χ1) is 4.77. The van der Waals surface area contributed by atoms with E-state index in [1.165, 1.54) is 20.0 Å². The van der Waals surface area contributed by atoms with Crippen LogP contribution in [0.2, 0.25) is 0 Å². The molecular weight excluding hydrogens is 128 g/mol. The summed E-state index contributed by atoms with van der Waals surface area (Å²) in [7, 11) is 1.45. The molecule has 2 atom stereocenters. The maximum absolute atomic E-state index is 10.7. The second-order valence-electron chi connectivity index (χ2n) is 2.94. The van der Waals surface area contributed by atoms with Gasteiger partial charge in [-0.15, -0.1) is 0 Å². The predicted octanol–water partition coefficient (Wildman–Crippen LogP) is 1.60. The van der Waals surface area contributed by atoms with Crippen LogP contribution < -0.4 is 0 Å². The third-order valence-corrected chi connectivity index (χ3v) is 2.25. The first-order valence-electron chi connectivity index (χ1n) is 3.84. The molecule has 1 rings (SSSR count). The number of rotatable bonds is 3. The van der Waals surface area contributed by atoms with E-state index in [-0.39, 0.29) is 5.97 Å². The summed E-state index contributed by atoms with van der Waals surface area (Å²) in [6.45, 7) is 2.17. The normalized spacial score (nSPS) is 29.8. The SMILES string of the molecule is CC[C@@H]1C[C@H]1CC(=O)OC. The molecule has 0 amide bonds.